The van der Waals surface area contributed by atoms with E-state index in [1.54, 1.807) is 41.8 Å². The summed E-state index contributed by atoms with van der Waals surface area (Å²) < 4.78 is 33.5. The van der Waals surface area contributed by atoms with Gasteiger partial charge in [-0.1, -0.05) is 29.5 Å². The minimum absolute atomic E-state index is 0.0223. The number of fused-ring (bicyclic) bond motifs is 1. The molecule has 1 unspecified atom stereocenters. The summed E-state index contributed by atoms with van der Waals surface area (Å²) in [6.45, 7) is 0. The maximum atomic E-state index is 14.3. The van der Waals surface area contributed by atoms with Crippen LogP contribution in [0.25, 0.3) is 16.0 Å². The van der Waals surface area contributed by atoms with E-state index in [-0.39, 0.29) is 26.5 Å². The van der Waals surface area contributed by atoms with Gasteiger partial charge in [-0.2, -0.15) is 0 Å². The van der Waals surface area contributed by atoms with Gasteiger partial charge < -0.3 is 9.84 Å². The van der Waals surface area contributed by atoms with Crippen molar-refractivity contribution in [3.63, 3.8) is 0 Å². The lowest BCUT2D eigenvalue weighted by Gasteiger charge is -2.21. The maximum Gasteiger partial charge on any atom is 0.301 e. The minimum atomic E-state index is -0.997. The topological polar surface area (TPSA) is 79.7 Å². The number of methoxy groups -OCH3 is 1. The van der Waals surface area contributed by atoms with Crippen molar-refractivity contribution in [1.29, 1.82) is 0 Å². The molecule has 1 saturated heterocycles. The van der Waals surface area contributed by atoms with E-state index in [9.17, 15) is 23.5 Å². The third-order valence-electron chi connectivity index (χ3n) is 5.23. The van der Waals surface area contributed by atoms with Crippen molar-refractivity contribution < 1.29 is 28.2 Å². The number of carbonyl (C=O) groups excluding carboxylic acids is 2. The smallest absolute Gasteiger partial charge is 0.301 e. The molecule has 33 heavy (non-hydrogen) atoms. The molecule has 1 aliphatic rings. The normalized spacial score (nSPS) is 17.8. The number of ether oxygens (including phenoxy) is 1. The van der Waals surface area contributed by atoms with Crippen LogP contribution < -0.4 is 9.64 Å². The summed E-state index contributed by atoms with van der Waals surface area (Å²) in [5.74, 6) is -3.56. The van der Waals surface area contributed by atoms with Crippen LogP contribution in [0, 0.1) is 11.6 Å². The number of amides is 1. The highest BCUT2D eigenvalue weighted by Crippen LogP contribution is 2.46. The van der Waals surface area contributed by atoms with Crippen LogP contribution in [0.4, 0.5) is 13.9 Å². The SMILES string of the molecule is COc1ccccc1/C(O)=C1\C(=O)C(=O)N(c2nc3c(F)cc(F)cc3s2)C1c1cccs1. The van der Waals surface area contributed by atoms with Crippen LogP contribution in [0.5, 0.6) is 5.75 Å². The molecule has 0 radical (unpaired) electrons. The lowest BCUT2D eigenvalue weighted by molar-refractivity contribution is -0.132. The van der Waals surface area contributed by atoms with Crippen LogP contribution in [0.15, 0.2) is 59.5 Å². The van der Waals surface area contributed by atoms with E-state index < -0.39 is 35.1 Å². The number of hydrogen-bond donors (Lipinski definition) is 1. The zero-order valence-corrected chi connectivity index (χ0v) is 18.5. The number of Topliss-reactive ketones (excluding diaryl/α,β-unsaturated/α-hetero) is 1. The predicted molar refractivity (Wildman–Crippen MR) is 122 cm³/mol. The largest absolute Gasteiger partial charge is 0.507 e. The first kappa shape index (κ1) is 21.2. The Balaban J connectivity index is 1.74. The van der Waals surface area contributed by atoms with Gasteiger partial charge in [0.2, 0.25) is 0 Å². The fraction of sp³-hybridized carbons (Fsp3) is 0.0870. The Morgan fingerprint density at radius 2 is 1.94 bits per heavy atom. The number of rotatable bonds is 4. The number of aliphatic hydroxyl groups excluding tert-OH is 1. The van der Waals surface area contributed by atoms with E-state index in [0.29, 0.717) is 16.7 Å². The number of nitrogens with zero attached hydrogens (tertiary/aromatic N) is 2. The number of aliphatic hydroxyl groups is 1. The van der Waals surface area contributed by atoms with Gasteiger partial charge in [0.25, 0.3) is 5.78 Å². The maximum absolute atomic E-state index is 14.3. The van der Waals surface area contributed by atoms with E-state index >= 15 is 0 Å². The number of halogens is 2. The fourth-order valence-electron chi connectivity index (χ4n) is 3.78. The predicted octanol–water partition coefficient (Wildman–Crippen LogP) is 5.27. The van der Waals surface area contributed by atoms with Gasteiger partial charge in [0.1, 0.15) is 28.9 Å². The van der Waals surface area contributed by atoms with Gasteiger partial charge in [-0.25, -0.2) is 13.8 Å². The molecule has 1 fully saturated rings. The average molecular weight is 485 g/mol. The number of aromatic nitrogens is 1. The summed E-state index contributed by atoms with van der Waals surface area (Å²) in [4.78, 5) is 32.2. The molecule has 3 heterocycles. The van der Waals surface area contributed by atoms with E-state index in [1.807, 2.05) is 0 Å². The van der Waals surface area contributed by atoms with Gasteiger partial charge in [-0.15, -0.1) is 11.3 Å². The lowest BCUT2D eigenvalue weighted by Crippen LogP contribution is -2.28. The molecule has 2 aromatic heterocycles. The molecule has 0 bridgehead atoms. The Bertz CT molecular complexity index is 1450. The molecule has 0 saturated carbocycles. The summed E-state index contributed by atoms with van der Waals surface area (Å²) in [6.07, 6.45) is 0. The Hall–Kier alpha value is -3.63. The van der Waals surface area contributed by atoms with Gasteiger partial charge in [0.05, 0.1) is 22.9 Å². The van der Waals surface area contributed by atoms with Gasteiger partial charge >= 0.3 is 5.91 Å². The van der Waals surface area contributed by atoms with Gasteiger partial charge in [0, 0.05) is 10.9 Å². The molecule has 166 valence electrons. The van der Waals surface area contributed by atoms with Crippen molar-refractivity contribution in [2.75, 3.05) is 12.0 Å². The Morgan fingerprint density at radius 3 is 2.67 bits per heavy atom. The van der Waals surface area contributed by atoms with Crippen molar-refractivity contribution in [1.82, 2.24) is 4.98 Å². The molecule has 2 aromatic carbocycles. The number of carbonyl (C=O) groups is 2. The molecule has 5 rings (SSSR count). The van der Waals surface area contributed by atoms with Gasteiger partial charge in [0.15, 0.2) is 10.9 Å². The first-order valence-electron chi connectivity index (χ1n) is 9.64. The Kier molecular flexibility index (Phi) is 5.18. The Morgan fingerprint density at radius 1 is 1.15 bits per heavy atom. The molecular weight excluding hydrogens is 470 g/mol. The number of ketones is 1. The van der Waals surface area contributed by atoms with E-state index in [1.165, 1.54) is 18.4 Å². The molecule has 1 N–H and O–H groups in total. The molecule has 6 nitrogen and oxygen atoms in total. The zero-order valence-electron chi connectivity index (χ0n) is 16.9. The molecule has 1 amide bonds. The Labute approximate surface area is 194 Å². The molecule has 4 aromatic rings. The summed E-state index contributed by atoms with van der Waals surface area (Å²) in [5, 5.41) is 12.9. The number of benzene rings is 2. The van der Waals surface area contributed by atoms with E-state index in [0.717, 1.165) is 22.3 Å². The first-order chi connectivity index (χ1) is 15.9. The second-order valence-corrected chi connectivity index (χ2v) is 9.10. The summed E-state index contributed by atoms with van der Waals surface area (Å²) in [6, 6.07) is 10.9. The lowest BCUT2D eigenvalue weighted by atomic mass is 9.99. The second-order valence-electron chi connectivity index (χ2n) is 7.12. The molecule has 1 atom stereocenters. The summed E-state index contributed by atoms with van der Waals surface area (Å²) >= 11 is 2.17. The van der Waals surface area contributed by atoms with E-state index in [2.05, 4.69) is 4.98 Å². The van der Waals surface area contributed by atoms with Gasteiger partial charge in [-0.05, 0) is 29.6 Å². The third kappa shape index (κ3) is 3.38. The number of anilines is 1. The second kappa shape index (κ2) is 8.05. The molecular formula is C23H14F2N2O4S2. The number of thiophene rings is 1. The van der Waals surface area contributed by atoms with Crippen LogP contribution in [0.2, 0.25) is 0 Å². The van der Waals surface area contributed by atoms with Crippen LogP contribution in [-0.2, 0) is 9.59 Å². The highest BCUT2D eigenvalue weighted by atomic mass is 32.1. The van der Waals surface area contributed by atoms with Crippen LogP contribution in [0.3, 0.4) is 0 Å². The molecule has 10 heteroatoms. The highest BCUT2D eigenvalue weighted by molar-refractivity contribution is 7.22. The van der Waals surface area contributed by atoms with Crippen molar-refractivity contribution in [2.45, 2.75) is 6.04 Å². The van der Waals surface area contributed by atoms with Crippen molar-refractivity contribution in [2.24, 2.45) is 0 Å². The monoisotopic (exact) mass is 484 g/mol. The van der Waals surface area contributed by atoms with Crippen LogP contribution in [0.1, 0.15) is 16.5 Å². The third-order valence-corrected chi connectivity index (χ3v) is 7.15. The first-order valence-corrected chi connectivity index (χ1v) is 11.3. The quantitative estimate of drug-likeness (QED) is 0.243. The summed E-state index contributed by atoms with van der Waals surface area (Å²) in [7, 11) is 1.43. The molecule has 0 spiro atoms. The highest BCUT2D eigenvalue weighted by Gasteiger charge is 2.49. The number of para-hydroxylation sites is 1. The average Bonchev–Trinajstić information content (AvgIpc) is 3.52. The van der Waals surface area contributed by atoms with E-state index in [4.69, 9.17) is 4.74 Å². The standard InChI is InChI=1S/C23H14F2N2O4S2/c1-31-14-6-3-2-5-12(14)20(28)17-19(15-7-4-8-32-15)27(22(30)21(17)29)23-26-18-13(25)9-11(24)10-16(18)33-23/h2-10,19,28H,1H3/b20-17+. The molecule has 1 aliphatic heterocycles. The number of hydrogen-bond acceptors (Lipinski definition) is 7. The fourth-order valence-corrected chi connectivity index (χ4v) is 5.63. The zero-order chi connectivity index (χ0) is 23.3. The van der Waals surface area contributed by atoms with Crippen LogP contribution >= 0.6 is 22.7 Å². The number of thiazole rings is 1. The minimum Gasteiger partial charge on any atom is -0.507 e. The van der Waals surface area contributed by atoms with Crippen molar-refractivity contribution in [3.8, 4) is 5.75 Å². The summed E-state index contributed by atoms with van der Waals surface area (Å²) in [5.41, 5.74) is 0.00258. The van der Waals surface area contributed by atoms with Crippen molar-refractivity contribution in [3.05, 3.63) is 81.6 Å². The molecule has 0 aliphatic carbocycles. The van der Waals surface area contributed by atoms with Crippen molar-refractivity contribution >= 4 is 55.5 Å². The van der Waals surface area contributed by atoms with Gasteiger partial charge in [-0.3, -0.25) is 14.5 Å². The van der Waals surface area contributed by atoms with Crippen LogP contribution in [-0.4, -0.2) is 28.9 Å².